The van der Waals surface area contributed by atoms with E-state index in [-0.39, 0.29) is 5.69 Å². The van der Waals surface area contributed by atoms with Crippen LogP contribution in [0, 0.1) is 0 Å². The molecule has 0 saturated carbocycles. The Hall–Kier alpha value is -4.54. The minimum Gasteiger partial charge on any atom is -0.497 e. The molecule has 4 rings (SSSR count). The lowest BCUT2D eigenvalue weighted by atomic mass is 10.2. The standard InChI is InChI=1S/C22H23N9O2/c1-33-17-7-9-24-14(11-17)5-6-15-12-20(31-30-15)28-19-8-10-25-22(29-19)26-13-16-3-2-4-18(27-16)21(23)32/h2-4,7-12H,5-6,13H2,1H3,(H2,23,32)(H3,25,26,28,29,30,31). The predicted molar refractivity (Wildman–Crippen MR) is 122 cm³/mol. The first-order chi connectivity index (χ1) is 16.1. The average Bonchev–Trinajstić information content (AvgIpc) is 3.29. The molecule has 0 bridgehead atoms. The van der Waals surface area contributed by atoms with E-state index in [9.17, 15) is 4.79 Å². The van der Waals surface area contributed by atoms with Gasteiger partial charge in [0.15, 0.2) is 0 Å². The quantitative estimate of drug-likeness (QED) is 0.287. The number of primary amides is 1. The molecule has 168 valence electrons. The van der Waals surface area contributed by atoms with Crippen molar-refractivity contribution in [2.45, 2.75) is 19.4 Å². The highest BCUT2D eigenvalue weighted by molar-refractivity contribution is 5.90. The molecule has 11 heteroatoms. The Morgan fingerprint density at radius 2 is 1.88 bits per heavy atom. The molecule has 0 aromatic carbocycles. The topological polar surface area (TPSA) is 157 Å². The van der Waals surface area contributed by atoms with Crippen LogP contribution in [0.1, 0.15) is 27.6 Å². The average molecular weight is 445 g/mol. The maximum Gasteiger partial charge on any atom is 0.267 e. The monoisotopic (exact) mass is 445 g/mol. The summed E-state index contributed by atoms with van der Waals surface area (Å²) >= 11 is 0. The number of aromatic nitrogens is 6. The number of hydrogen-bond donors (Lipinski definition) is 4. The number of aryl methyl sites for hydroxylation is 2. The first-order valence-electron chi connectivity index (χ1n) is 10.2. The molecule has 4 heterocycles. The number of pyridine rings is 2. The summed E-state index contributed by atoms with van der Waals surface area (Å²) in [5, 5.41) is 13.6. The van der Waals surface area contributed by atoms with Gasteiger partial charge in [0.2, 0.25) is 5.95 Å². The minimum absolute atomic E-state index is 0.211. The first kappa shape index (κ1) is 21.7. The summed E-state index contributed by atoms with van der Waals surface area (Å²) in [5.74, 6) is 1.93. The summed E-state index contributed by atoms with van der Waals surface area (Å²) in [7, 11) is 1.64. The van der Waals surface area contributed by atoms with Crippen molar-refractivity contribution < 1.29 is 9.53 Å². The number of amides is 1. The molecule has 4 aromatic heterocycles. The molecule has 4 aromatic rings. The third-order valence-electron chi connectivity index (χ3n) is 4.70. The molecular weight excluding hydrogens is 422 g/mol. The second-order valence-electron chi connectivity index (χ2n) is 7.08. The van der Waals surface area contributed by atoms with Crippen molar-refractivity contribution in [2.75, 3.05) is 17.7 Å². The molecule has 0 aliphatic carbocycles. The number of nitrogens with zero attached hydrogens (tertiary/aromatic N) is 5. The van der Waals surface area contributed by atoms with Crippen LogP contribution in [0.5, 0.6) is 5.75 Å². The van der Waals surface area contributed by atoms with Crippen molar-refractivity contribution in [1.82, 2.24) is 30.1 Å². The number of methoxy groups -OCH3 is 1. The van der Waals surface area contributed by atoms with E-state index in [0.29, 0.717) is 29.8 Å². The largest absolute Gasteiger partial charge is 0.497 e. The van der Waals surface area contributed by atoms with E-state index in [2.05, 4.69) is 40.8 Å². The molecule has 0 atom stereocenters. The molecule has 0 fully saturated rings. The highest BCUT2D eigenvalue weighted by Crippen LogP contribution is 2.16. The zero-order valence-electron chi connectivity index (χ0n) is 17.9. The van der Waals surface area contributed by atoms with Gasteiger partial charge in [-0.2, -0.15) is 10.1 Å². The lowest BCUT2D eigenvalue weighted by Gasteiger charge is -2.07. The molecule has 11 nitrogen and oxygen atoms in total. The van der Waals surface area contributed by atoms with Gasteiger partial charge >= 0.3 is 0 Å². The SMILES string of the molecule is COc1ccnc(CCc2cc(Nc3ccnc(NCc4cccc(C(N)=O)n4)n3)[nH]n2)c1. The van der Waals surface area contributed by atoms with E-state index in [0.717, 1.165) is 30.0 Å². The van der Waals surface area contributed by atoms with E-state index in [4.69, 9.17) is 10.5 Å². The molecule has 0 aliphatic heterocycles. The van der Waals surface area contributed by atoms with Crippen LogP contribution in [-0.2, 0) is 19.4 Å². The van der Waals surface area contributed by atoms with Crippen LogP contribution in [-0.4, -0.2) is 43.2 Å². The normalized spacial score (nSPS) is 10.6. The van der Waals surface area contributed by atoms with Gasteiger partial charge in [-0.25, -0.2) is 9.97 Å². The number of rotatable bonds is 10. The number of carbonyl (C=O) groups is 1. The Kier molecular flexibility index (Phi) is 6.69. The number of carbonyl (C=O) groups excluding carboxylic acids is 1. The van der Waals surface area contributed by atoms with Gasteiger partial charge in [-0.15, -0.1) is 0 Å². The smallest absolute Gasteiger partial charge is 0.267 e. The highest BCUT2D eigenvalue weighted by atomic mass is 16.5. The lowest BCUT2D eigenvalue weighted by Crippen LogP contribution is -2.14. The van der Waals surface area contributed by atoms with Crippen molar-refractivity contribution in [2.24, 2.45) is 5.73 Å². The molecule has 0 radical (unpaired) electrons. The molecule has 0 saturated heterocycles. The van der Waals surface area contributed by atoms with Crippen molar-refractivity contribution in [3.05, 3.63) is 77.6 Å². The van der Waals surface area contributed by atoms with Crippen molar-refractivity contribution in [3.8, 4) is 5.75 Å². The Labute approximate surface area is 189 Å². The number of nitrogens with one attached hydrogen (secondary N) is 3. The second kappa shape index (κ2) is 10.2. The van der Waals surface area contributed by atoms with Crippen LogP contribution in [0.3, 0.4) is 0 Å². The Morgan fingerprint density at radius 3 is 2.73 bits per heavy atom. The van der Waals surface area contributed by atoms with Gasteiger partial charge in [0.05, 0.1) is 25.0 Å². The van der Waals surface area contributed by atoms with Crippen LogP contribution in [0.25, 0.3) is 0 Å². The van der Waals surface area contributed by atoms with Gasteiger partial charge in [-0.05, 0) is 37.1 Å². The zero-order chi connectivity index (χ0) is 23.0. The van der Waals surface area contributed by atoms with E-state index < -0.39 is 5.91 Å². The van der Waals surface area contributed by atoms with Crippen LogP contribution >= 0.6 is 0 Å². The predicted octanol–water partition coefficient (Wildman–Crippen LogP) is 2.24. The summed E-state index contributed by atoms with van der Waals surface area (Å²) in [5.41, 5.74) is 7.97. The Morgan fingerprint density at radius 1 is 1.03 bits per heavy atom. The third-order valence-corrected chi connectivity index (χ3v) is 4.70. The zero-order valence-corrected chi connectivity index (χ0v) is 17.9. The van der Waals surface area contributed by atoms with Gasteiger partial charge in [0.25, 0.3) is 5.91 Å². The molecule has 5 N–H and O–H groups in total. The highest BCUT2D eigenvalue weighted by Gasteiger charge is 2.07. The maximum atomic E-state index is 11.3. The fourth-order valence-corrected chi connectivity index (χ4v) is 3.07. The van der Waals surface area contributed by atoms with Crippen LogP contribution in [0.4, 0.5) is 17.6 Å². The summed E-state index contributed by atoms with van der Waals surface area (Å²) in [4.78, 5) is 28.5. The van der Waals surface area contributed by atoms with E-state index >= 15 is 0 Å². The fourth-order valence-electron chi connectivity index (χ4n) is 3.07. The maximum absolute atomic E-state index is 11.3. The minimum atomic E-state index is -0.571. The van der Waals surface area contributed by atoms with E-state index in [1.165, 1.54) is 0 Å². The van der Waals surface area contributed by atoms with Crippen molar-refractivity contribution >= 4 is 23.5 Å². The van der Waals surface area contributed by atoms with Gasteiger partial charge in [-0.1, -0.05) is 6.07 Å². The van der Waals surface area contributed by atoms with E-state index in [1.54, 1.807) is 43.8 Å². The summed E-state index contributed by atoms with van der Waals surface area (Å²) in [6.45, 7) is 0.344. The Balaban J connectivity index is 1.33. The van der Waals surface area contributed by atoms with Gasteiger partial charge in [-0.3, -0.25) is 14.9 Å². The van der Waals surface area contributed by atoms with Gasteiger partial charge in [0, 0.05) is 30.2 Å². The molecule has 33 heavy (non-hydrogen) atoms. The third kappa shape index (κ3) is 6.00. The fraction of sp³-hybridized carbons (Fsp3) is 0.182. The molecule has 0 unspecified atom stereocenters. The van der Waals surface area contributed by atoms with Crippen molar-refractivity contribution in [1.29, 1.82) is 0 Å². The molecule has 0 spiro atoms. The number of H-pyrrole nitrogens is 1. The number of anilines is 3. The number of nitrogens with two attached hydrogens (primary N) is 1. The van der Waals surface area contributed by atoms with Gasteiger partial charge < -0.3 is 21.1 Å². The van der Waals surface area contributed by atoms with E-state index in [1.807, 2.05) is 18.2 Å². The Bertz CT molecular complexity index is 1240. The molecule has 0 aliphatic rings. The molecule has 1 amide bonds. The van der Waals surface area contributed by atoms with Crippen LogP contribution in [0.15, 0.2) is 54.9 Å². The number of aromatic amines is 1. The second-order valence-corrected chi connectivity index (χ2v) is 7.08. The van der Waals surface area contributed by atoms with Crippen LogP contribution in [0.2, 0.25) is 0 Å². The van der Waals surface area contributed by atoms with Gasteiger partial charge in [0.1, 0.15) is 23.1 Å². The molecular formula is C22H23N9O2. The first-order valence-corrected chi connectivity index (χ1v) is 10.2. The van der Waals surface area contributed by atoms with Crippen molar-refractivity contribution in [3.63, 3.8) is 0 Å². The number of hydrogen-bond acceptors (Lipinski definition) is 9. The lowest BCUT2D eigenvalue weighted by molar-refractivity contribution is 0.0995. The number of ether oxygens (including phenoxy) is 1. The van der Waals surface area contributed by atoms with Crippen LogP contribution < -0.4 is 21.1 Å². The summed E-state index contributed by atoms with van der Waals surface area (Å²) in [6.07, 6.45) is 4.84. The summed E-state index contributed by atoms with van der Waals surface area (Å²) < 4.78 is 5.23. The summed E-state index contributed by atoms with van der Waals surface area (Å²) in [6, 6.07) is 12.5.